The highest BCUT2D eigenvalue weighted by molar-refractivity contribution is 6.06. The minimum absolute atomic E-state index is 0.160. The van der Waals surface area contributed by atoms with Crippen molar-refractivity contribution in [3.63, 3.8) is 0 Å². The Labute approximate surface area is 131 Å². The van der Waals surface area contributed by atoms with E-state index in [1.165, 1.54) is 25.7 Å². The fraction of sp³-hybridized carbons (Fsp3) is 0.474. The fourth-order valence-corrected chi connectivity index (χ4v) is 3.61. The second kappa shape index (κ2) is 5.38. The number of amides is 1. The van der Waals surface area contributed by atoms with Crippen LogP contribution in [0.4, 0.5) is 0 Å². The third-order valence-electron chi connectivity index (χ3n) is 5.15. The lowest BCUT2D eigenvalue weighted by molar-refractivity contribution is 0.0737. The SMILES string of the molecule is CN(C(=O)c1cc(C2CC2)nc2ccccc12)C1CCCC1. The van der Waals surface area contributed by atoms with Crippen LogP contribution < -0.4 is 0 Å². The van der Waals surface area contributed by atoms with Gasteiger partial charge < -0.3 is 4.90 Å². The predicted octanol–water partition coefficient (Wildman–Crippen LogP) is 4.13. The van der Waals surface area contributed by atoms with Gasteiger partial charge >= 0.3 is 0 Å². The van der Waals surface area contributed by atoms with Crippen molar-refractivity contribution < 1.29 is 4.79 Å². The molecule has 0 unspecified atom stereocenters. The van der Waals surface area contributed by atoms with Crippen LogP contribution in [0.5, 0.6) is 0 Å². The minimum Gasteiger partial charge on any atom is -0.339 e. The molecule has 2 aliphatic carbocycles. The highest BCUT2D eigenvalue weighted by Gasteiger charge is 2.29. The smallest absolute Gasteiger partial charge is 0.254 e. The number of benzene rings is 1. The average molecular weight is 294 g/mol. The molecule has 0 spiro atoms. The number of aromatic nitrogens is 1. The number of rotatable bonds is 3. The summed E-state index contributed by atoms with van der Waals surface area (Å²) >= 11 is 0. The van der Waals surface area contributed by atoms with Crippen LogP contribution in [0.1, 0.15) is 60.5 Å². The molecule has 4 rings (SSSR count). The summed E-state index contributed by atoms with van der Waals surface area (Å²) < 4.78 is 0. The molecule has 3 heteroatoms. The molecule has 2 saturated carbocycles. The van der Waals surface area contributed by atoms with Crippen LogP contribution in [0.3, 0.4) is 0 Å². The second-order valence-corrected chi connectivity index (χ2v) is 6.74. The zero-order chi connectivity index (χ0) is 15.1. The van der Waals surface area contributed by atoms with E-state index in [2.05, 4.69) is 0 Å². The van der Waals surface area contributed by atoms with Gasteiger partial charge in [0.1, 0.15) is 0 Å². The number of carbonyl (C=O) groups is 1. The van der Waals surface area contributed by atoms with Crippen LogP contribution in [0.2, 0.25) is 0 Å². The van der Waals surface area contributed by atoms with Crippen molar-refractivity contribution in [2.45, 2.75) is 50.5 Å². The van der Waals surface area contributed by atoms with E-state index in [0.29, 0.717) is 12.0 Å². The summed E-state index contributed by atoms with van der Waals surface area (Å²) in [6.07, 6.45) is 7.18. The Balaban J connectivity index is 1.76. The van der Waals surface area contributed by atoms with E-state index in [0.717, 1.165) is 35.0 Å². The van der Waals surface area contributed by atoms with Gasteiger partial charge in [0.05, 0.1) is 11.1 Å². The lowest BCUT2D eigenvalue weighted by Crippen LogP contribution is -2.35. The Morgan fingerprint density at radius 3 is 2.59 bits per heavy atom. The van der Waals surface area contributed by atoms with Crippen LogP contribution >= 0.6 is 0 Å². The molecule has 0 atom stereocenters. The third kappa shape index (κ3) is 2.39. The molecule has 3 nitrogen and oxygen atoms in total. The van der Waals surface area contributed by atoms with Crippen LogP contribution in [0.25, 0.3) is 10.9 Å². The molecule has 1 aromatic carbocycles. The topological polar surface area (TPSA) is 33.2 Å². The van der Waals surface area contributed by atoms with E-state index in [4.69, 9.17) is 4.98 Å². The minimum atomic E-state index is 0.160. The van der Waals surface area contributed by atoms with Gasteiger partial charge in [-0.15, -0.1) is 0 Å². The van der Waals surface area contributed by atoms with E-state index in [1.807, 2.05) is 42.3 Å². The van der Waals surface area contributed by atoms with E-state index >= 15 is 0 Å². The molecule has 1 aromatic heterocycles. The van der Waals surface area contributed by atoms with Gasteiger partial charge in [0.25, 0.3) is 5.91 Å². The lowest BCUT2D eigenvalue weighted by Gasteiger charge is -2.25. The first-order valence-electron chi connectivity index (χ1n) is 8.41. The summed E-state index contributed by atoms with van der Waals surface area (Å²) in [6.45, 7) is 0. The maximum absolute atomic E-state index is 13.0. The van der Waals surface area contributed by atoms with Crippen LogP contribution in [0, 0.1) is 0 Å². The highest BCUT2D eigenvalue weighted by atomic mass is 16.2. The van der Waals surface area contributed by atoms with Crippen molar-refractivity contribution in [2.24, 2.45) is 0 Å². The summed E-state index contributed by atoms with van der Waals surface area (Å²) in [7, 11) is 1.96. The Bertz CT molecular complexity index is 714. The molecule has 2 aromatic rings. The molecule has 2 aliphatic rings. The summed E-state index contributed by atoms with van der Waals surface area (Å²) in [5, 5.41) is 0.988. The van der Waals surface area contributed by atoms with E-state index in [1.54, 1.807) is 0 Å². The molecule has 2 fully saturated rings. The standard InChI is InChI=1S/C19H22N2O/c1-21(14-6-2-3-7-14)19(22)16-12-18(13-10-11-13)20-17-9-5-4-8-15(16)17/h4-5,8-9,12-14H,2-3,6-7,10-11H2,1H3. The molecule has 0 aliphatic heterocycles. The summed E-state index contributed by atoms with van der Waals surface area (Å²) in [6, 6.07) is 10.5. The first kappa shape index (κ1) is 13.7. The number of carbonyl (C=O) groups excluding carboxylic acids is 1. The number of para-hydroxylation sites is 1. The van der Waals surface area contributed by atoms with Crippen molar-refractivity contribution in [1.82, 2.24) is 9.88 Å². The van der Waals surface area contributed by atoms with Crippen molar-refractivity contribution in [2.75, 3.05) is 7.05 Å². The number of fused-ring (bicyclic) bond motifs is 1. The van der Waals surface area contributed by atoms with Crippen molar-refractivity contribution in [3.05, 3.63) is 41.6 Å². The Morgan fingerprint density at radius 1 is 1.14 bits per heavy atom. The molecule has 0 radical (unpaired) electrons. The maximum atomic E-state index is 13.0. The predicted molar refractivity (Wildman–Crippen MR) is 88.1 cm³/mol. The molecular weight excluding hydrogens is 272 g/mol. The maximum Gasteiger partial charge on any atom is 0.254 e. The van der Waals surface area contributed by atoms with Gasteiger partial charge in [-0.1, -0.05) is 31.0 Å². The van der Waals surface area contributed by atoms with Gasteiger partial charge in [0, 0.05) is 30.1 Å². The Hall–Kier alpha value is -1.90. The molecule has 0 N–H and O–H groups in total. The molecule has 1 heterocycles. The van der Waals surface area contributed by atoms with Gasteiger partial charge in [-0.25, -0.2) is 0 Å². The van der Waals surface area contributed by atoms with Gasteiger partial charge in [0.15, 0.2) is 0 Å². The lowest BCUT2D eigenvalue weighted by atomic mass is 10.0. The molecule has 114 valence electrons. The Kier molecular flexibility index (Phi) is 3.36. The third-order valence-corrected chi connectivity index (χ3v) is 5.15. The highest BCUT2D eigenvalue weighted by Crippen LogP contribution is 2.40. The van der Waals surface area contributed by atoms with E-state index in [9.17, 15) is 4.79 Å². The molecule has 0 bridgehead atoms. The van der Waals surface area contributed by atoms with E-state index < -0.39 is 0 Å². The zero-order valence-electron chi connectivity index (χ0n) is 13.1. The average Bonchev–Trinajstić information content (AvgIpc) is 3.27. The summed E-state index contributed by atoms with van der Waals surface area (Å²) in [5.74, 6) is 0.723. The summed E-state index contributed by atoms with van der Waals surface area (Å²) in [4.78, 5) is 19.8. The normalized spacial score (nSPS) is 18.8. The molecular formula is C19H22N2O. The first-order chi connectivity index (χ1) is 10.7. The van der Waals surface area contributed by atoms with Crippen molar-refractivity contribution in [1.29, 1.82) is 0 Å². The first-order valence-corrected chi connectivity index (χ1v) is 8.41. The van der Waals surface area contributed by atoms with Crippen molar-refractivity contribution >= 4 is 16.8 Å². The van der Waals surface area contributed by atoms with Crippen LogP contribution in [-0.2, 0) is 0 Å². The second-order valence-electron chi connectivity index (χ2n) is 6.74. The number of hydrogen-bond acceptors (Lipinski definition) is 2. The van der Waals surface area contributed by atoms with Gasteiger partial charge in [-0.05, 0) is 37.8 Å². The summed E-state index contributed by atoms with van der Waals surface area (Å²) in [5.41, 5.74) is 2.89. The quantitative estimate of drug-likeness (QED) is 0.853. The number of pyridine rings is 1. The number of hydrogen-bond donors (Lipinski definition) is 0. The number of nitrogens with zero attached hydrogens (tertiary/aromatic N) is 2. The molecule has 0 saturated heterocycles. The fourth-order valence-electron chi connectivity index (χ4n) is 3.61. The van der Waals surface area contributed by atoms with Gasteiger partial charge in [0.2, 0.25) is 0 Å². The van der Waals surface area contributed by atoms with Crippen LogP contribution in [-0.4, -0.2) is 28.9 Å². The van der Waals surface area contributed by atoms with Gasteiger partial charge in [-0.2, -0.15) is 0 Å². The monoisotopic (exact) mass is 294 g/mol. The molecule has 22 heavy (non-hydrogen) atoms. The van der Waals surface area contributed by atoms with E-state index in [-0.39, 0.29) is 5.91 Å². The van der Waals surface area contributed by atoms with Crippen molar-refractivity contribution in [3.8, 4) is 0 Å². The Morgan fingerprint density at radius 2 is 1.86 bits per heavy atom. The zero-order valence-corrected chi connectivity index (χ0v) is 13.1. The van der Waals surface area contributed by atoms with Gasteiger partial charge in [-0.3, -0.25) is 9.78 Å². The molecule has 1 amide bonds. The van der Waals surface area contributed by atoms with Crippen LogP contribution in [0.15, 0.2) is 30.3 Å². The largest absolute Gasteiger partial charge is 0.339 e.